The van der Waals surface area contributed by atoms with Gasteiger partial charge in [-0.3, -0.25) is 9.78 Å². The Bertz CT molecular complexity index is 991. The molecule has 2 fully saturated rings. The number of urea groups is 1. The molecular formula is C18H15N5O2. The van der Waals surface area contributed by atoms with E-state index < -0.39 is 11.6 Å². The molecule has 3 aromatic rings. The molecule has 3 heterocycles. The Labute approximate surface area is 143 Å². The summed E-state index contributed by atoms with van der Waals surface area (Å²) in [4.78, 5) is 38.0. The summed E-state index contributed by atoms with van der Waals surface area (Å²) in [7, 11) is 0. The highest BCUT2D eigenvalue weighted by Gasteiger charge is 2.59. The Hall–Kier alpha value is -3.22. The van der Waals surface area contributed by atoms with Crippen molar-refractivity contribution in [2.24, 2.45) is 0 Å². The number of benzene rings is 1. The SMILES string of the molecule is O=C1NC2(CC(c3ccccc3)C2)C(=O)N1c1cncc2[nH]cnc12. The highest BCUT2D eigenvalue weighted by atomic mass is 16.2. The van der Waals surface area contributed by atoms with E-state index in [4.69, 9.17) is 0 Å². The van der Waals surface area contributed by atoms with Gasteiger partial charge < -0.3 is 10.3 Å². The van der Waals surface area contributed by atoms with Crippen LogP contribution in [-0.4, -0.2) is 32.4 Å². The minimum absolute atomic E-state index is 0.220. The van der Waals surface area contributed by atoms with Crippen LogP contribution < -0.4 is 10.2 Å². The Morgan fingerprint density at radius 2 is 1.92 bits per heavy atom. The summed E-state index contributed by atoms with van der Waals surface area (Å²) in [6.45, 7) is 0. The minimum Gasteiger partial charge on any atom is -0.343 e. The number of fused-ring (bicyclic) bond motifs is 1. The normalized spacial score (nSPS) is 25.4. The fraction of sp³-hybridized carbons (Fsp3) is 0.222. The van der Waals surface area contributed by atoms with Gasteiger partial charge >= 0.3 is 6.03 Å². The zero-order valence-corrected chi connectivity index (χ0v) is 13.3. The van der Waals surface area contributed by atoms with Crippen molar-refractivity contribution < 1.29 is 9.59 Å². The average molecular weight is 333 g/mol. The number of nitrogens with one attached hydrogen (secondary N) is 2. The largest absolute Gasteiger partial charge is 0.343 e. The number of carbonyl (C=O) groups excluding carboxylic acids is 2. The summed E-state index contributed by atoms with van der Waals surface area (Å²) in [6.07, 6.45) is 5.88. The number of carbonyl (C=O) groups is 2. The number of hydrogen-bond donors (Lipinski definition) is 2. The van der Waals surface area contributed by atoms with E-state index in [1.807, 2.05) is 18.2 Å². The van der Waals surface area contributed by atoms with Gasteiger partial charge in [-0.15, -0.1) is 0 Å². The third-order valence-corrected chi connectivity index (χ3v) is 5.18. The van der Waals surface area contributed by atoms with Crippen LogP contribution in [0, 0.1) is 0 Å². The molecule has 124 valence electrons. The lowest BCUT2D eigenvalue weighted by Gasteiger charge is -2.42. The topological polar surface area (TPSA) is 91.0 Å². The van der Waals surface area contributed by atoms with Crippen LogP contribution in [0.25, 0.3) is 11.0 Å². The molecule has 3 amide bonds. The lowest BCUT2D eigenvalue weighted by atomic mass is 9.65. The molecule has 25 heavy (non-hydrogen) atoms. The summed E-state index contributed by atoms with van der Waals surface area (Å²) in [5.74, 6) is 0.0617. The molecular weight excluding hydrogens is 318 g/mol. The van der Waals surface area contributed by atoms with Crippen molar-refractivity contribution >= 4 is 28.7 Å². The molecule has 0 atom stereocenters. The number of rotatable bonds is 2. The molecule has 1 saturated carbocycles. The lowest BCUT2D eigenvalue weighted by Crippen LogP contribution is -2.56. The first-order valence-corrected chi connectivity index (χ1v) is 8.17. The highest BCUT2D eigenvalue weighted by molar-refractivity contribution is 6.25. The van der Waals surface area contributed by atoms with Crippen LogP contribution in [0.4, 0.5) is 10.5 Å². The first-order valence-electron chi connectivity index (χ1n) is 8.17. The van der Waals surface area contributed by atoms with Crippen molar-refractivity contribution in [3.05, 3.63) is 54.6 Å². The number of amides is 3. The van der Waals surface area contributed by atoms with Crippen molar-refractivity contribution in [1.29, 1.82) is 0 Å². The first kappa shape index (κ1) is 14.2. The molecule has 5 rings (SSSR count). The number of H-pyrrole nitrogens is 1. The van der Waals surface area contributed by atoms with Crippen LogP contribution >= 0.6 is 0 Å². The Balaban J connectivity index is 1.46. The number of pyridine rings is 1. The number of imidazole rings is 1. The second kappa shape index (κ2) is 4.89. The van der Waals surface area contributed by atoms with Crippen LogP contribution in [0.3, 0.4) is 0 Å². The van der Waals surface area contributed by atoms with Crippen LogP contribution in [0.1, 0.15) is 24.3 Å². The molecule has 1 saturated heterocycles. The van der Waals surface area contributed by atoms with Gasteiger partial charge in [-0.2, -0.15) is 0 Å². The molecule has 1 spiro atoms. The smallest absolute Gasteiger partial charge is 0.329 e. The van der Waals surface area contributed by atoms with Gasteiger partial charge in [-0.1, -0.05) is 30.3 Å². The fourth-order valence-electron chi connectivity index (χ4n) is 3.87. The van der Waals surface area contributed by atoms with E-state index >= 15 is 0 Å². The summed E-state index contributed by atoms with van der Waals surface area (Å²) in [5, 5.41) is 2.89. The van der Waals surface area contributed by atoms with Gasteiger partial charge in [-0.25, -0.2) is 14.7 Å². The molecule has 0 radical (unpaired) electrons. The standard InChI is InChI=1S/C18H15N5O2/c24-16-18(6-12(7-18)11-4-2-1-3-5-11)22-17(25)23(16)14-9-19-8-13-15(14)21-10-20-13/h1-5,8-10,12H,6-7H2,(H,20,21)(H,22,25). The van der Waals surface area contributed by atoms with Crippen LogP contribution in [0.15, 0.2) is 49.1 Å². The quantitative estimate of drug-likeness (QED) is 0.704. The van der Waals surface area contributed by atoms with Gasteiger partial charge in [0.2, 0.25) is 0 Å². The van der Waals surface area contributed by atoms with Crippen molar-refractivity contribution in [3.8, 4) is 0 Å². The number of anilines is 1. The zero-order valence-electron chi connectivity index (χ0n) is 13.3. The van der Waals surface area contributed by atoms with E-state index in [-0.39, 0.29) is 11.8 Å². The van der Waals surface area contributed by atoms with Crippen LogP contribution in [0.2, 0.25) is 0 Å². The van der Waals surface area contributed by atoms with Gasteiger partial charge in [0.25, 0.3) is 5.91 Å². The van der Waals surface area contributed by atoms with E-state index in [0.717, 1.165) is 0 Å². The molecule has 7 heteroatoms. The number of imide groups is 1. The minimum atomic E-state index is -0.809. The average Bonchev–Trinajstić information content (AvgIpc) is 3.17. The summed E-state index contributed by atoms with van der Waals surface area (Å²) < 4.78 is 0. The summed E-state index contributed by atoms with van der Waals surface area (Å²) in [6, 6.07) is 9.67. The van der Waals surface area contributed by atoms with Crippen molar-refractivity contribution in [1.82, 2.24) is 20.3 Å². The maximum atomic E-state index is 13.0. The predicted octanol–water partition coefficient (Wildman–Crippen LogP) is 2.33. The van der Waals surface area contributed by atoms with Crippen LogP contribution in [0.5, 0.6) is 0 Å². The Morgan fingerprint density at radius 3 is 2.72 bits per heavy atom. The number of hydrogen-bond acceptors (Lipinski definition) is 4. The van der Waals surface area contributed by atoms with E-state index in [9.17, 15) is 9.59 Å². The lowest BCUT2D eigenvalue weighted by molar-refractivity contribution is -0.125. The molecule has 0 unspecified atom stereocenters. The molecule has 1 aliphatic carbocycles. The molecule has 1 aromatic carbocycles. The summed E-state index contributed by atoms with van der Waals surface area (Å²) in [5.41, 5.74) is 2.06. The van der Waals surface area contributed by atoms with Crippen molar-refractivity contribution in [2.45, 2.75) is 24.3 Å². The van der Waals surface area contributed by atoms with E-state index in [2.05, 4.69) is 32.4 Å². The van der Waals surface area contributed by atoms with Gasteiger partial charge in [0.1, 0.15) is 11.1 Å². The second-order valence-corrected chi connectivity index (χ2v) is 6.63. The zero-order chi connectivity index (χ0) is 17.0. The van der Waals surface area contributed by atoms with E-state index in [0.29, 0.717) is 29.6 Å². The molecule has 2 N–H and O–H groups in total. The number of nitrogens with zero attached hydrogens (tertiary/aromatic N) is 3. The third kappa shape index (κ3) is 1.92. The molecule has 7 nitrogen and oxygen atoms in total. The molecule has 0 bridgehead atoms. The van der Waals surface area contributed by atoms with Gasteiger partial charge in [0, 0.05) is 0 Å². The van der Waals surface area contributed by atoms with Crippen molar-refractivity contribution in [3.63, 3.8) is 0 Å². The van der Waals surface area contributed by atoms with Gasteiger partial charge in [0.15, 0.2) is 0 Å². The monoisotopic (exact) mass is 333 g/mol. The number of aromatic nitrogens is 3. The highest BCUT2D eigenvalue weighted by Crippen LogP contribution is 2.48. The first-order chi connectivity index (χ1) is 12.2. The fourth-order valence-corrected chi connectivity index (χ4v) is 3.87. The number of aromatic amines is 1. The molecule has 2 aromatic heterocycles. The van der Waals surface area contributed by atoms with Crippen molar-refractivity contribution in [2.75, 3.05) is 4.90 Å². The Morgan fingerprint density at radius 1 is 1.12 bits per heavy atom. The maximum Gasteiger partial charge on any atom is 0.329 e. The van der Waals surface area contributed by atoms with Gasteiger partial charge in [-0.05, 0) is 24.3 Å². The molecule has 2 aliphatic rings. The maximum absolute atomic E-state index is 13.0. The third-order valence-electron chi connectivity index (χ3n) is 5.18. The van der Waals surface area contributed by atoms with E-state index in [1.165, 1.54) is 23.0 Å². The van der Waals surface area contributed by atoms with Crippen LogP contribution in [-0.2, 0) is 4.79 Å². The van der Waals surface area contributed by atoms with E-state index in [1.54, 1.807) is 6.20 Å². The second-order valence-electron chi connectivity index (χ2n) is 6.63. The molecule has 1 aliphatic heterocycles. The Kier molecular flexibility index (Phi) is 2.77. The predicted molar refractivity (Wildman–Crippen MR) is 91.1 cm³/mol. The van der Waals surface area contributed by atoms with Gasteiger partial charge in [0.05, 0.1) is 29.9 Å². The summed E-state index contributed by atoms with van der Waals surface area (Å²) >= 11 is 0.